The maximum Gasteiger partial charge on any atom is 0.312 e. The summed E-state index contributed by atoms with van der Waals surface area (Å²) in [5.41, 5.74) is -0.246. The fourth-order valence-corrected chi connectivity index (χ4v) is 6.47. The average Bonchev–Trinajstić information content (AvgIpc) is 2.69. The van der Waals surface area contributed by atoms with E-state index in [9.17, 15) is 19.2 Å². The van der Waals surface area contributed by atoms with Crippen molar-refractivity contribution in [3.8, 4) is 0 Å². The lowest BCUT2D eigenvalue weighted by Crippen LogP contribution is -2.57. The molecule has 1 heterocycles. The van der Waals surface area contributed by atoms with Crippen LogP contribution < -0.4 is 10.6 Å². The van der Waals surface area contributed by atoms with Crippen LogP contribution in [0.2, 0.25) is 0 Å². The molecule has 1 aliphatic heterocycles. The Bertz CT molecular complexity index is 691. The van der Waals surface area contributed by atoms with Crippen LogP contribution in [-0.4, -0.2) is 72.2 Å². The highest BCUT2D eigenvalue weighted by molar-refractivity contribution is 6.35. The van der Waals surface area contributed by atoms with E-state index in [4.69, 9.17) is 0 Å². The third kappa shape index (κ3) is 4.18. The molecule has 8 nitrogen and oxygen atoms in total. The second-order valence-electron chi connectivity index (χ2n) is 10.2. The molecule has 5 fully saturated rings. The molecule has 0 radical (unpaired) electrons. The van der Waals surface area contributed by atoms with Crippen LogP contribution in [0.5, 0.6) is 0 Å². The maximum atomic E-state index is 13.0. The van der Waals surface area contributed by atoms with Crippen LogP contribution in [0.4, 0.5) is 0 Å². The third-order valence-electron chi connectivity index (χ3n) is 7.45. The smallest absolute Gasteiger partial charge is 0.312 e. The molecule has 4 saturated carbocycles. The Labute approximate surface area is 178 Å². The van der Waals surface area contributed by atoms with Crippen LogP contribution in [0.25, 0.3) is 0 Å². The van der Waals surface area contributed by atoms with E-state index in [1.165, 1.54) is 24.2 Å². The van der Waals surface area contributed by atoms with Crippen LogP contribution in [0.1, 0.15) is 52.4 Å². The van der Waals surface area contributed by atoms with E-state index in [2.05, 4.69) is 10.6 Å². The maximum absolute atomic E-state index is 13.0. The van der Waals surface area contributed by atoms with Crippen LogP contribution in [0, 0.1) is 23.2 Å². The number of carbonyl (C=O) groups is 4. The van der Waals surface area contributed by atoms with Gasteiger partial charge in [-0.25, -0.2) is 0 Å². The predicted molar refractivity (Wildman–Crippen MR) is 110 cm³/mol. The zero-order valence-corrected chi connectivity index (χ0v) is 18.1. The van der Waals surface area contributed by atoms with E-state index in [-0.39, 0.29) is 29.8 Å². The lowest BCUT2D eigenvalue weighted by Gasteiger charge is -2.55. The molecule has 5 rings (SSSR count). The molecule has 4 bridgehead atoms. The van der Waals surface area contributed by atoms with E-state index < -0.39 is 11.8 Å². The minimum Gasteiger partial charge on any atom is -0.347 e. The fraction of sp³-hybridized carbons (Fsp3) is 0.818. The molecule has 2 N–H and O–H groups in total. The molecule has 0 aromatic heterocycles. The molecule has 166 valence electrons. The van der Waals surface area contributed by atoms with Crippen LogP contribution >= 0.6 is 0 Å². The SMILES string of the molecule is CC(C)NC(=O)C(=O)N1CCN(C(=O)CNC(=O)C23CC4CC(CC(C4)C2)C3)CC1. The number of piperazine rings is 1. The van der Waals surface area contributed by atoms with E-state index >= 15 is 0 Å². The Balaban J connectivity index is 1.23. The first-order chi connectivity index (χ1) is 14.3. The summed E-state index contributed by atoms with van der Waals surface area (Å²) in [6, 6.07) is -0.0955. The summed E-state index contributed by atoms with van der Waals surface area (Å²) in [6.45, 7) is 5.05. The molecule has 4 aliphatic carbocycles. The number of rotatable bonds is 4. The standard InChI is InChI=1S/C22H34N4O4/c1-14(2)24-19(28)20(29)26-5-3-25(4-6-26)18(27)13-23-21(30)22-10-15-7-16(11-22)9-17(8-15)12-22/h14-17H,3-13H2,1-2H3,(H,23,30)(H,24,28). The summed E-state index contributed by atoms with van der Waals surface area (Å²) in [7, 11) is 0. The largest absolute Gasteiger partial charge is 0.347 e. The molecule has 5 aliphatic rings. The van der Waals surface area contributed by atoms with Gasteiger partial charge in [0.25, 0.3) is 0 Å². The number of amides is 4. The molecule has 0 aromatic rings. The third-order valence-corrected chi connectivity index (χ3v) is 7.45. The number of carbonyl (C=O) groups excluding carboxylic acids is 4. The van der Waals surface area contributed by atoms with Gasteiger partial charge in [-0.1, -0.05) is 0 Å². The van der Waals surface area contributed by atoms with Crippen molar-refractivity contribution in [1.29, 1.82) is 0 Å². The van der Waals surface area contributed by atoms with E-state index in [1.54, 1.807) is 18.7 Å². The molecule has 4 amide bonds. The van der Waals surface area contributed by atoms with Crippen LogP contribution in [0.3, 0.4) is 0 Å². The van der Waals surface area contributed by atoms with Crippen molar-refractivity contribution in [1.82, 2.24) is 20.4 Å². The van der Waals surface area contributed by atoms with Gasteiger partial charge >= 0.3 is 11.8 Å². The van der Waals surface area contributed by atoms with Gasteiger partial charge in [0.1, 0.15) is 0 Å². The Morgan fingerprint density at radius 1 is 0.867 bits per heavy atom. The summed E-state index contributed by atoms with van der Waals surface area (Å²) in [4.78, 5) is 52.8. The van der Waals surface area contributed by atoms with Gasteiger partial charge in [0.2, 0.25) is 11.8 Å². The summed E-state index contributed by atoms with van der Waals surface area (Å²) in [5.74, 6) is 0.864. The quantitative estimate of drug-likeness (QED) is 0.650. The normalized spacial score (nSPS) is 32.3. The van der Waals surface area contributed by atoms with Crippen molar-refractivity contribution in [2.75, 3.05) is 32.7 Å². The zero-order chi connectivity index (χ0) is 21.5. The minimum atomic E-state index is -0.604. The molecule has 30 heavy (non-hydrogen) atoms. The van der Waals surface area contributed by atoms with E-state index in [0.29, 0.717) is 43.9 Å². The molecule has 0 atom stereocenters. The number of nitrogens with one attached hydrogen (secondary N) is 2. The first-order valence-electron chi connectivity index (χ1n) is 11.4. The monoisotopic (exact) mass is 418 g/mol. The minimum absolute atomic E-state index is 0.0162. The molecule has 0 spiro atoms. The Hall–Kier alpha value is -2.12. The van der Waals surface area contributed by atoms with Gasteiger partial charge < -0.3 is 20.4 Å². The average molecular weight is 419 g/mol. The number of hydrogen-bond acceptors (Lipinski definition) is 4. The highest BCUT2D eigenvalue weighted by Crippen LogP contribution is 2.60. The van der Waals surface area contributed by atoms with Crippen molar-refractivity contribution >= 4 is 23.6 Å². The molecule has 0 unspecified atom stereocenters. The summed E-state index contributed by atoms with van der Waals surface area (Å²) in [5, 5.41) is 5.54. The Morgan fingerprint density at radius 3 is 1.87 bits per heavy atom. The van der Waals surface area contributed by atoms with E-state index in [0.717, 1.165) is 19.3 Å². The van der Waals surface area contributed by atoms with Crippen molar-refractivity contribution in [2.45, 2.75) is 58.4 Å². The van der Waals surface area contributed by atoms with Gasteiger partial charge in [-0.05, 0) is 70.1 Å². The predicted octanol–water partition coefficient (Wildman–Crippen LogP) is 0.514. The molecule has 0 aromatic carbocycles. The number of nitrogens with zero attached hydrogens (tertiary/aromatic N) is 2. The highest BCUT2D eigenvalue weighted by atomic mass is 16.2. The lowest BCUT2D eigenvalue weighted by atomic mass is 9.49. The van der Waals surface area contributed by atoms with Gasteiger partial charge in [0.05, 0.1) is 6.54 Å². The molecule has 1 saturated heterocycles. The second-order valence-corrected chi connectivity index (χ2v) is 10.2. The van der Waals surface area contributed by atoms with E-state index in [1.807, 2.05) is 0 Å². The summed E-state index contributed by atoms with van der Waals surface area (Å²) < 4.78 is 0. The first-order valence-corrected chi connectivity index (χ1v) is 11.4. The number of hydrogen-bond donors (Lipinski definition) is 2. The Kier molecular flexibility index (Phi) is 5.77. The fourth-order valence-electron chi connectivity index (χ4n) is 6.47. The van der Waals surface area contributed by atoms with Gasteiger partial charge in [-0.3, -0.25) is 19.2 Å². The van der Waals surface area contributed by atoms with Gasteiger partial charge in [0, 0.05) is 37.6 Å². The zero-order valence-electron chi connectivity index (χ0n) is 18.1. The van der Waals surface area contributed by atoms with Crippen molar-refractivity contribution in [3.63, 3.8) is 0 Å². The van der Waals surface area contributed by atoms with Crippen LogP contribution in [-0.2, 0) is 19.2 Å². The first kappa shape index (κ1) is 21.1. The molecule has 8 heteroatoms. The van der Waals surface area contributed by atoms with Gasteiger partial charge in [-0.2, -0.15) is 0 Å². The highest BCUT2D eigenvalue weighted by Gasteiger charge is 2.54. The Morgan fingerprint density at radius 2 is 1.37 bits per heavy atom. The van der Waals surface area contributed by atoms with Crippen molar-refractivity contribution in [2.24, 2.45) is 23.2 Å². The summed E-state index contributed by atoms with van der Waals surface area (Å²) >= 11 is 0. The molecular weight excluding hydrogens is 384 g/mol. The van der Waals surface area contributed by atoms with Gasteiger partial charge in [0.15, 0.2) is 0 Å². The van der Waals surface area contributed by atoms with Crippen molar-refractivity contribution < 1.29 is 19.2 Å². The summed E-state index contributed by atoms with van der Waals surface area (Å²) in [6.07, 6.45) is 6.80. The molecular formula is C22H34N4O4. The van der Waals surface area contributed by atoms with Crippen LogP contribution in [0.15, 0.2) is 0 Å². The van der Waals surface area contributed by atoms with Crippen molar-refractivity contribution in [3.05, 3.63) is 0 Å². The second kappa shape index (κ2) is 8.19. The topological polar surface area (TPSA) is 98.8 Å². The lowest BCUT2D eigenvalue weighted by molar-refractivity contribution is -0.150. The van der Waals surface area contributed by atoms with Gasteiger partial charge in [-0.15, -0.1) is 0 Å².